The molecule has 0 bridgehead atoms. The molecule has 0 aliphatic carbocycles. The minimum Gasteiger partial charge on any atom is -0.505 e. The zero-order valence-electron chi connectivity index (χ0n) is 20.1. The molecule has 1 N–H and O–H groups in total. The Kier molecular flexibility index (Phi) is 6.57. The number of hydrogen-bond acceptors (Lipinski definition) is 7. The van der Waals surface area contributed by atoms with Crippen molar-refractivity contribution in [2.24, 2.45) is 10.2 Å². The van der Waals surface area contributed by atoms with Crippen LogP contribution in [0.15, 0.2) is 81.4 Å². The van der Waals surface area contributed by atoms with Crippen LogP contribution in [0.4, 0.5) is 11.4 Å². The number of Topliss-reactive ketones (excluding diaryl/α,β-unsaturated/α-hetero) is 1. The van der Waals surface area contributed by atoms with Crippen molar-refractivity contribution in [1.29, 1.82) is 5.26 Å². The minimum absolute atomic E-state index is 0.0265. The molecule has 5 rings (SSSR count). The normalized spacial score (nSPS) is 12.8. The molecule has 2 amide bonds. The summed E-state index contributed by atoms with van der Waals surface area (Å²) in [5.41, 5.74) is 1.22. The van der Waals surface area contributed by atoms with Crippen molar-refractivity contribution in [2.45, 2.75) is 13.3 Å². The number of phenolic OH excluding ortho intramolecular Hbond substituents is 1. The summed E-state index contributed by atoms with van der Waals surface area (Å²) in [4.78, 5) is 39.7. The summed E-state index contributed by atoms with van der Waals surface area (Å²) in [6.07, 6.45) is 0.0857. The average Bonchev–Trinajstić information content (AvgIpc) is 3.17. The van der Waals surface area contributed by atoms with E-state index in [1.54, 1.807) is 37.3 Å². The largest absolute Gasteiger partial charge is 0.505 e. The predicted molar refractivity (Wildman–Crippen MR) is 144 cm³/mol. The molecule has 8 nitrogen and oxygen atoms in total. The molecule has 0 unspecified atom stereocenters. The Morgan fingerprint density at radius 3 is 2.39 bits per heavy atom. The molecule has 0 fully saturated rings. The maximum atomic E-state index is 13.2. The second-order valence-corrected chi connectivity index (χ2v) is 9.40. The van der Waals surface area contributed by atoms with Gasteiger partial charge in [0.25, 0.3) is 11.8 Å². The average molecular weight is 567 g/mol. The third kappa shape index (κ3) is 4.15. The third-order valence-electron chi connectivity index (χ3n) is 6.36. The first-order valence-corrected chi connectivity index (χ1v) is 12.5. The number of carbonyl (C=O) groups is 3. The summed E-state index contributed by atoms with van der Waals surface area (Å²) < 4.78 is 0.157. The number of fused-ring (bicyclic) bond motifs is 2. The highest BCUT2D eigenvalue weighted by molar-refractivity contribution is 9.10. The molecule has 0 atom stereocenters. The van der Waals surface area contributed by atoms with Crippen molar-refractivity contribution in [1.82, 2.24) is 4.90 Å². The van der Waals surface area contributed by atoms with Gasteiger partial charge in [-0.15, -0.1) is 10.2 Å². The van der Waals surface area contributed by atoms with Gasteiger partial charge in [0.05, 0.1) is 26.7 Å². The molecule has 186 valence electrons. The Hall–Kier alpha value is -4.68. The molecule has 1 heterocycles. The van der Waals surface area contributed by atoms with Crippen LogP contribution in [0, 0.1) is 11.3 Å². The van der Waals surface area contributed by atoms with E-state index in [9.17, 15) is 24.8 Å². The van der Waals surface area contributed by atoms with Gasteiger partial charge < -0.3 is 5.11 Å². The lowest BCUT2D eigenvalue weighted by atomic mass is 9.97. The van der Waals surface area contributed by atoms with Crippen LogP contribution < -0.4 is 0 Å². The number of halogens is 1. The highest BCUT2D eigenvalue weighted by atomic mass is 79.9. The van der Waals surface area contributed by atoms with E-state index in [2.05, 4.69) is 26.2 Å². The van der Waals surface area contributed by atoms with Gasteiger partial charge in [0, 0.05) is 18.4 Å². The van der Waals surface area contributed by atoms with E-state index in [0.29, 0.717) is 10.8 Å². The Labute approximate surface area is 226 Å². The van der Waals surface area contributed by atoms with Crippen LogP contribution in [0.5, 0.6) is 5.75 Å². The lowest BCUT2D eigenvalue weighted by Crippen LogP contribution is -2.29. The van der Waals surface area contributed by atoms with E-state index in [4.69, 9.17) is 0 Å². The van der Waals surface area contributed by atoms with Crippen LogP contribution in [0.25, 0.3) is 10.8 Å². The molecule has 0 spiro atoms. The number of imide groups is 1. The lowest BCUT2D eigenvalue weighted by Gasteiger charge is -2.11. The number of nitrogens with zero attached hydrogens (tertiary/aromatic N) is 4. The van der Waals surface area contributed by atoms with Crippen molar-refractivity contribution < 1.29 is 19.5 Å². The Bertz CT molecular complexity index is 1720. The predicted octanol–water partition coefficient (Wildman–Crippen LogP) is 6.64. The van der Waals surface area contributed by atoms with Gasteiger partial charge in [-0.05, 0) is 45.9 Å². The fraction of sp³-hybridized carbons (Fsp3) is 0.103. The van der Waals surface area contributed by atoms with E-state index < -0.39 is 11.8 Å². The van der Waals surface area contributed by atoms with Gasteiger partial charge in [-0.2, -0.15) is 5.26 Å². The van der Waals surface area contributed by atoms with Gasteiger partial charge in [0.1, 0.15) is 17.4 Å². The molecule has 4 aromatic carbocycles. The molecule has 1 aliphatic heterocycles. The van der Waals surface area contributed by atoms with Gasteiger partial charge in [-0.1, -0.05) is 54.6 Å². The van der Waals surface area contributed by atoms with Crippen molar-refractivity contribution in [3.63, 3.8) is 0 Å². The Morgan fingerprint density at radius 1 is 1.00 bits per heavy atom. The van der Waals surface area contributed by atoms with Crippen molar-refractivity contribution >= 4 is 55.7 Å². The number of phenols is 1. The van der Waals surface area contributed by atoms with Crippen LogP contribution in [-0.2, 0) is 6.42 Å². The second kappa shape index (κ2) is 10.00. The van der Waals surface area contributed by atoms with E-state index in [0.717, 1.165) is 10.5 Å². The molecule has 9 heteroatoms. The number of rotatable bonds is 6. The maximum Gasteiger partial charge on any atom is 0.262 e. The molecule has 0 saturated heterocycles. The minimum atomic E-state index is -0.498. The van der Waals surface area contributed by atoms with Gasteiger partial charge >= 0.3 is 0 Å². The topological polar surface area (TPSA) is 123 Å². The second-order valence-electron chi connectivity index (χ2n) is 8.60. The van der Waals surface area contributed by atoms with Crippen LogP contribution in [0.3, 0.4) is 0 Å². The number of ketones is 1. The molecular formula is C29H19BrN4O4. The Balaban J connectivity index is 1.64. The highest BCUT2D eigenvalue weighted by Gasteiger charge is 2.38. The van der Waals surface area contributed by atoms with E-state index in [1.807, 2.05) is 36.4 Å². The number of carbonyl (C=O) groups excluding carboxylic acids is 3. The number of benzene rings is 4. The number of hydrogen-bond donors (Lipinski definition) is 1. The van der Waals surface area contributed by atoms with Crippen LogP contribution >= 0.6 is 15.9 Å². The molecular weight excluding hydrogens is 548 g/mol. The lowest BCUT2D eigenvalue weighted by molar-refractivity contribution is 0.0662. The van der Waals surface area contributed by atoms with E-state index >= 15 is 0 Å². The quantitative estimate of drug-likeness (QED) is 0.159. The molecule has 0 aromatic heterocycles. The summed E-state index contributed by atoms with van der Waals surface area (Å²) in [5, 5.41) is 30.6. The van der Waals surface area contributed by atoms with E-state index in [1.165, 1.54) is 6.07 Å². The maximum absolute atomic E-state index is 13.2. The van der Waals surface area contributed by atoms with Crippen molar-refractivity contribution in [2.75, 3.05) is 6.54 Å². The number of amides is 2. The highest BCUT2D eigenvalue weighted by Crippen LogP contribution is 2.43. The third-order valence-corrected chi connectivity index (χ3v) is 7.14. The first kappa shape index (κ1) is 25.0. The summed E-state index contributed by atoms with van der Waals surface area (Å²) in [5.74, 6) is -1.62. The fourth-order valence-corrected chi connectivity index (χ4v) is 5.14. The monoisotopic (exact) mass is 566 g/mol. The van der Waals surface area contributed by atoms with Crippen molar-refractivity contribution in [3.05, 3.63) is 99.0 Å². The molecule has 4 aromatic rings. The Morgan fingerprint density at radius 2 is 1.68 bits per heavy atom. The molecule has 0 saturated carbocycles. The van der Waals surface area contributed by atoms with Crippen LogP contribution in [-0.4, -0.2) is 34.1 Å². The van der Waals surface area contributed by atoms with Gasteiger partial charge in [-0.25, -0.2) is 0 Å². The number of nitriles is 1. The number of azo groups is 1. The summed E-state index contributed by atoms with van der Waals surface area (Å²) in [6.45, 7) is 1.86. The van der Waals surface area contributed by atoms with Gasteiger partial charge in [-0.3, -0.25) is 19.3 Å². The molecule has 38 heavy (non-hydrogen) atoms. The zero-order chi connectivity index (χ0) is 27.0. The first-order valence-electron chi connectivity index (χ1n) is 11.7. The van der Waals surface area contributed by atoms with E-state index in [-0.39, 0.29) is 62.6 Å². The van der Waals surface area contributed by atoms with Crippen LogP contribution in [0.1, 0.15) is 49.1 Å². The zero-order valence-corrected chi connectivity index (χ0v) is 21.7. The van der Waals surface area contributed by atoms with Crippen molar-refractivity contribution in [3.8, 4) is 11.8 Å². The standard InChI is InChI=1S/C29H19BrN4O4/c1-2-34-28(37)21-14-18(15-31)25(24(30)23(21)29(34)38)32-33-26-19-11-7-6-10-17(19)13-20(27(26)36)22(35)12-16-8-4-3-5-9-16/h3-11,13-14,36H,2,12H2,1H3. The summed E-state index contributed by atoms with van der Waals surface area (Å²) in [6, 6.07) is 21.2. The summed E-state index contributed by atoms with van der Waals surface area (Å²) >= 11 is 3.34. The summed E-state index contributed by atoms with van der Waals surface area (Å²) in [7, 11) is 0. The molecule has 1 aliphatic rings. The number of aromatic hydroxyl groups is 1. The van der Waals surface area contributed by atoms with Gasteiger partial charge in [0.15, 0.2) is 11.5 Å². The van der Waals surface area contributed by atoms with Gasteiger partial charge in [0.2, 0.25) is 0 Å². The fourth-order valence-electron chi connectivity index (χ4n) is 4.47. The smallest absolute Gasteiger partial charge is 0.262 e. The van der Waals surface area contributed by atoms with Crippen LogP contribution in [0.2, 0.25) is 0 Å². The molecule has 0 radical (unpaired) electrons. The SMILES string of the molecule is CCN1C(=O)c2cc(C#N)c(N=Nc3c(O)c(C(=O)Cc4ccccc4)cc4ccccc34)c(Br)c2C1=O. The first-order chi connectivity index (χ1) is 18.3.